The lowest BCUT2D eigenvalue weighted by Gasteiger charge is -2.08. The van der Waals surface area contributed by atoms with Gasteiger partial charge < -0.3 is 10.4 Å². The maximum atomic E-state index is 12.7. The molecular weight excluding hydrogens is 360 g/mol. The van der Waals surface area contributed by atoms with Gasteiger partial charge in [-0.05, 0) is 31.2 Å². The molecule has 8 heteroatoms. The Kier molecular flexibility index (Phi) is 4.68. The van der Waals surface area contributed by atoms with E-state index in [0.29, 0.717) is 12.3 Å². The number of benzene rings is 1. The Morgan fingerprint density at radius 2 is 1.96 bits per heavy atom. The van der Waals surface area contributed by atoms with Crippen molar-refractivity contribution in [3.05, 3.63) is 69.3 Å². The van der Waals surface area contributed by atoms with Crippen LogP contribution in [0.15, 0.2) is 41.2 Å². The molecule has 0 aliphatic heterocycles. The van der Waals surface area contributed by atoms with Gasteiger partial charge in [0.15, 0.2) is 11.1 Å². The largest absolute Gasteiger partial charge is 0.480 e. The molecule has 0 atom stereocenters. The van der Waals surface area contributed by atoms with Crippen molar-refractivity contribution >= 4 is 17.5 Å². The molecule has 0 saturated heterocycles. The van der Waals surface area contributed by atoms with Gasteiger partial charge in [-0.25, -0.2) is 9.50 Å². The molecule has 0 radical (unpaired) electrons. The first-order valence-corrected chi connectivity index (χ1v) is 9.21. The first-order valence-electron chi connectivity index (χ1n) is 9.21. The number of aromatic nitrogens is 3. The number of amides is 1. The number of rotatable bonds is 7. The van der Waals surface area contributed by atoms with E-state index in [2.05, 4.69) is 15.4 Å². The number of hydrogen-bond acceptors (Lipinski definition) is 4. The molecule has 0 bridgehead atoms. The first-order chi connectivity index (χ1) is 13.5. The summed E-state index contributed by atoms with van der Waals surface area (Å²) in [5.74, 6) is -0.844. The zero-order valence-electron chi connectivity index (χ0n) is 15.1. The number of H-pyrrole nitrogens is 1. The van der Waals surface area contributed by atoms with E-state index >= 15 is 0 Å². The van der Waals surface area contributed by atoms with E-state index in [1.165, 1.54) is 6.07 Å². The third-order valence-electron chi connectivity index (χ3n) is 4.82. The van der Waals surface area contributed by atoms with Crippen LogP contribution in [0.2, 0.25) is 0 Å². The number of nitrogens with zero attached hydrogens (tertiary/aromatic N) is 2. The van der Waals surface area contributed by atoms with Gasteiger partial charge in [-0.3, -0.25) is 19.5 Å². The smallest absolute Gasteiger partial charge is 0.322 e. The first kappa shape index (κ1) is 18.0. The molecule has 0 spiro atoms. The van der Waals surface area contributed by atoms with Crippen LogP contribution in [0.25, 0.3) is 5.65 Å². The molecule has 1 saturated carbocycles. The van der Waals surface area contributed by atoms with Gasteiger partial charge in [-0.15, -0.1) is 0 Å². The van der Waals surface area contributed by atoms with Gasteiger partial charge in [0.2, 0.25) is 0 Å². The predicted molar refractivity (Wildman–Crippen MR) is 102 cm³/mol. The van der Waals surface area contributed by atoms with Crippen molar-refractivity contribution in [2.75, 3.05) is 6.54 Å². The SMILES string of the molecule is O=C(O)CNC(=O)c1c(=O)cc(CCc2ccccc2)n2[nH]c(C3CC3)nc12. The Morgan fingerprint density at radius 3 is 2.64 bits per heavy atom. The molecule has 1 aliphatic carbocycles. The number of carbonyl (C=O) groups is 2. The average Bonchev–Trinajstić information content (AvgIpc) is 3.44. The van der Waals surface area contributed by atoms with Gasteiger partial charge in [0.05, 0.1) is 0 Å². The maximum Gasteiger partial charge on any atom is 0.322 e. The van der Waals surface area contributed by atoms with Crippen LogP contribution in [-0.2, 0) is 17.6 Å². The van der Waals surface area contributed by atoms with Crippen LogP contribution in [0.5, 0.6) is 0 Å². The minimum atomic E-state index is -1.18. The number of aryl methyl sites for hydroxylation is 2. The highest BCUT2D eigenvalue weighted by atomic mass is 16.4. The monoisotopic (exact) mass is 380 g/mol. The topological polar surface area (TPSA) is 117 Å². The van der Waals surface area contributed by atoms with Crippen molar-refractivity contribution in [1.29, 1.82) is 0 Å². The minimum Gasteiger partial charge on any atom is -0.480 e. The molecule has 8 nitrogen and oxygen atoms in total. The molecule has 28 heavy (non-hydrogen) atoms. The second-order valence-corrected chi connectivity index (χ2v) is 6.98. The zero-order valence-corrected chi connectivity index (χ0v) is 15.1. The van der Waals surface area contributed by atoms with Crippen LogP contribution >= 0.6 is 0 Å². The second-order valence-electron chi connectivity index (χ2n) is 6.98. The van der Waals surface area contributed by atoms with E-state index in [4.69, 9.17) is 5.11 Å². The number of fused-ring (bicyclic) bond motifs is 1. The van der Waals surface area contributed by atoms with Crippen LogP contribution in [0, 0.1) is 0 Å². The molecule has 2 aromatic heterocycles. The van der Waals surface area contributed by atoms with E-state index in [0.717, 1.165) is 36.3 Å². The Hall–Kier alpha value is -3.42. The Balaban J connectivity index is 1.72. The fraction of sp³-hybridized carbons (Fsp3) is 0.300. The van der Waals surface area contributed by atoms with Gasteiger partial charge in [0.1, 0.15) is 17.9 Å². The number of pyridine rings is 1. The Labute approximate surface area is 160 Å². The summed E-state index contributed by atoms with van der Waals surface area (Å²) < 4.78 is 1.69. The fourth-order valence-corrected chi connectivity index (χ4v) is 3.23. The van der Waals surface area contributed by atoms with Crippen molar-refractivity contribution in [3.8, 4) is 0 Å². The number of carboxylic acid groups (broad SMARTS) is 1. The third kappa shape index (κ3) is 3.66. The summed E-state index contributed by atoms with van der Waals surface area (Å²) in [5, 5.41) is 14.3. The van der Waals surface area contributed by atoms with Crippen LogP contribution in [0.3, 0.4) is 0 Å². The van der Waals surface area contributed by atoms with Crippen molar-refractivity contribution in [2.24, 2.45) is 0 Å². The van der Waals surface area contributed by atoms with E-state index in [9.17, 15) is 14.4 Å². The summed E-state index contributed by atoms with van der Waals surface area (Å²) in [7, 11) is 0. The molecule has 2 heterocycles. The van der Waals surface area contributed by atoms with Crippen molar-refractivity contribution < 1.29 is 14.7 Å². The Bertz CT molecular complexity index is 1100. The van der Waals surface area contributed by atoms with E-state index in [1.807, 2.05) is 30.3 Å². The lowest BCUT2D eigenvalue weighted by atomic mass is 10.1. The van der Waals surface area contributed by atoms with Gasteiger partial charge in [0, 0.05) is 17.7 Å². The van der Waals surface area contributed by atoms with E-state index in [1.54, 1.807) is 4.52 Å². The number of hydrogen-bond donors (Lipinski definition) is 3. The summed E-state index contributed by atoms with van der Waals surface area (Å²) in [6.07, 6.45) is 3.38. The van der Waals surface area contributed by atoms with E-state index < -0.39 is 23.9 Å². The summed E-state index contributed by atoms with van der Waals surface area (Å²) in [5.41, 5.74) is 1.54. The van der Waals surface area contributed by atoms with Crippen LogP contribution in [0.1, 0.15) is 46.2 Å². The highest BCUT2D eigenvalue weighted by Gasteiger charge is 2.29. The number of carbonyl (C=O) groups excluding carboxylic acids is 1. The third-order valence-corrected chi connectivity index (χ3v) is 4.82. The van der Waals surface area contributed by atoms with Gasteiger partial charge >= 0.3 is 5.97 Å². The quantitative estimate of drug-likeness (QED) is 0.574. The molecule has 0 unspecified atom stereocenters. The fourth-order valence-electron chi connectivity index (χ4n) is 3.23. The van der Waals surface area contributed by atoms with Crippen molar-refractivity contribution in [3.63, 3.8) is 0 Å². The summed E-state index contributed by atoms with van der Waals surface area (Å²) >= 11 is 0. The number of aliphatic carboxylic acids is 1. The molecule has 1 aliphatic rings. The molecular formula is C20H20N4O4. The normalized spacial score (nSPS) is 13.6. The standard InChI is InChI=1S/C20H20N4O4/c25-15-10-14(9-6-12-4-2-1-3-5-12)24-19(22-18(23-24)13-7-8-13)17(15)20(28)21-11-16(26)27/h1-5,10,13H,6-9,11H2,(H,21,28)(H,22,23)(H,26,27). The highest BCUT2D eigenvalue weighted by molar-refractivity contribution is 6.00. The van der Waals surface area contributed by atoms with E-state index in [-0.39, 0.29) is 11.2 Å². The highest BCUT2D eigenvalue weighted by Crippen LogP contribution is 2.38. The summed E-state index contributed by atoms with van der Waals surface area (Å²) in [6.45, 7) is -0.555. The second kappa shape index (κ2) is 7.30. The maximum absolute atomic E-state index is 12.7. The zero-order chi connectivity index (χ0) is 19.7. The summed E-state index contributed by atoms with van der Waals surface area (Å²) in [6, 6.07) is 11.4. The van der Waals surface area contributed by atoms with Gasteiger partial charge in [0.25, 0.3) is 5.91 Å². The lowest BCUT2D eigenvalue weighted by Crippen LogP contribution is -2.33. The van der Waals surface area contributed by atoms with Crippen LogP contribution in [-0.4, -0.2) is 38.1 Å². The Morgan fingerprint density at radius 1 is 1.21 bits per heavy atom. The van der Waals surface area contributed by atoms with Crippen LogP contribution in [0.4, 0.5) is 0 Å². The lowest BCUT2D eigenvalue weighted by molar-refractivity contribution is -0.135. The molecule has 3 aromatic rings. The number of nitrogens with one attached hydrogen (secondary N) is 2. The van der Waals surface area contributed by atoms with Gasteiger partial charge in [-0.2, -0.15) is 0 Å². The summed E-state index contributed by atoms with van der Waals surface area (Å²) in [4.78, 5) is 40.3. The molecule has 4 rings (SSSR count). The van der Waals surface area contributed by atoms with Gasteiger partial charge in [-0.1, -0.05) is 30.3 Å². The number of carboxylic acids is 1. The van der Waals surface area contributed by atoms with Crippen molar-refractivity contribution in [1.82, 2.24) is 19.9 Å². The number of aromatic amines is 1. The minimum absolute atomic E-state index is 0.132. The molecule has 1 amide bonds. The molecule has 3 N–H and O–H groups in total. The molecule has 144 valence electrons. The molecule has 1 fully saturated rings. The predicted octanol–water partition coefficient (Wildman–Crippen LogP) is 1.50. The molecule has 1 aromatic carbocycles. The van der Waals surface area contributed by atoms with Crippen molar-refractivity contribution in [2.45, 2.75) is 31.6 Å². The average molecular weight is 380 g/mol. The van der Waals surface area contributed by atoms with Crippen LogP contribution < -0.4 is 10.7 Å².